The summed E-state index contributed by atoms with van der Waals surface area (Å²) in [5.74, 6) is -0.147. The van der Waals surface area contributed by atoms with E-state index in [4.69, 9.17) is 5.73 Å². The highest BCUT2D eigenvalue weighted by Crippen LogP contribution is 2.38. The van der Waals surface area contributed by atoms with Gasteiger partial charge in [0.25, 0.3) is 0 Å². The normalized spacial score (nSPS) is 11.4. The van der Waals surface area contributed by atoms with Crippen LogP contribution in [-0.4, -0.2) is 16.1 Å². The van der Waals surface area contributed by atoms with Crippen molar-refractivity contribution in [3.8, 4) is 5.88 Å². The molecule has 0 aliphatic carbocycles. The van der Waals surface area contributed by atoms with Crippen LogP contribution in [0.4, 0.5) is 10.5 Å². The van der Waals surface area contributed by atoms with Gasteiger partial charge < -0.3 is 15.8 Å². The molecule has 17 heavy (non-hydrogen) atoms. The average Bonchev–Trinajstić information content (AvgIpc) is 2.52. The molecule has 6 nitrogen and oxygen atoms in total. The summed E-state index contributed by atoms with van der Waals surface area (Å²) in [6.45, 7) is 1.89. The minimum absolute atomic E-state index is 0.147. The molecule has 2 aromatic rings. The largest absolute Gasteiger partial charge is 0.493 e. The van der Waals surface area contributed by atoms with Gasteiger partial charge in [0.2, 0.25) is 5.88 Å². The Labute approximate surface area is 105 Å². The molecular formula is C10H9BrN4O2. The molecule has 1 heterocycles. The molecule has 0 bridgehead atoms. The van der Waals surface area contributed by atoms with Crippen LogP contribution in [0.5, 0.6) is 5.88 Å². The topological polar surface area (TPSA) is 104 Å². The highest BCUT2D eigenvalue weighted by atomic mass is 79.9. The lowest BCUT2D eigenvalue weighted by Crippen LogP contribution is -2.01. The van der Waals surface area contributed by atoms with E-state index >= 15 is 0 Å². The number of halogens is 1. The van der Waals surface area contributed by atoms with Crippen molar-refractivity contribution in [1.82, 2.24) is 4.98 Å². The molecule has 0 aliphatic rings. The number of benzene rings is 1. The summed E-state index contributed by atoms with van der Waals surface area (Å²) in [7, 11) is 0. The molecule has 7 heteroatoms. The standard InChI is InChI=1S/C10H9BrN4O2/c1-4-2-5(11)3-6-7(4)13-9(16)8(6)14-15-10(12)17/h2-3,13,16H,1H3,(H2,12,17). The smallest absolute Gasteiger partial charge is 0.356 e. The molecule has 0 aliphatic heterocycles. The number of aromatic nitrogens is 1. The highest BCUT2D eigenvalue weighted by molar-refractivity contribution is 9.10. The van der Waals surface area contributed by atoms with Crippen molar-refractivity contribution in [3.05, 3.63) is 22.2 Å². The van der Waals surface area contributed by atoms with E-state index < -0.39 is 6.03 Å². The fourth-order valence-electron chi connectivity index (χ4n) is 1.60. The average molecular weight is 297 g/mol. The van der Waals surface area contributed by atoms with Crippen molar-refractivity contribution in [3.63, 3.8) is 0 Å². The Hall–Kier alpha value is -1.89. The van der Waals surface area contributed by atoms with Crippen LogP contribution in [0.3, 0.4) is 0 Å². The predicted molar refractivity (Wildman–Crippen MR) is 66.5 cm³/mol. The van der Waals surface area contributed by atoms with Crippen molar-refractivity contribution >= 4 is 38.6 Å². The predicted octanol–water partition coefficient (Wildman–Crippen LogP) is 3.11. The van der Waals surface area contributed by atoms with E-state index in [2.05, 4.69) is 31.1 Å². The molecule has 0 spiro atoms. The van der Waals surface area contributed by atoms with Crippen LogP contribution >= 0.6 is 15.9 Å². The number of aromatic hydroxyl groups is 1. The van der Waals surface area contributed by atoms with Gasteiger partial charge in [-0.2, -0.15) is 0 Å². The number of hydrogen-bond donors (Lipinski definition) is 3. The minimum atomic E-state index is -0.912. The molecular weight excluding hydrogens is 288 g/mol. The zero-order valence-electron chi connectivity index (χ0n) is 8.86. The minimum Gasteiger partial charge on any atom is -0.493 e. The summed E-state index contributed by atoms with van der Waals surface area (Å²) >= 11 is 3.35. The van der Waals surface area contributed by atoms with E-state index in [0.29, 0.717) is 5.39 Å². The first-order chi connectivity index (χ1) is 7.99. The van der Waals surface area contributed by atoms with E-state index in [1.165, 1.54) is 0 Å². The molecule has 4 N–H and O–H groups in total. The third kappa shape index (κ3) is 2.14. The summed E-state index contributed by atoms with van der Waals surface area (Å²) in [5.41, 5.74) is 6.74. The van der Waals surface area contributed by atoms with E-state index in [-0.39, 0.29) is 11.6 Å². The number of H-pyrrole nitrogens is 1. The van der Waals surface area contributed by atoms with Gasteiger partial charge in [-0.25, -0.2) is 4.79 Å². The second-order valence-electron chi connectivity index (χ2n) is 3.51. The Bertz CT molecular complexity index is 633. The molecule has 0 unspecified atom stereocenters. The number of aryl methyl sites for hydroxylation is 1. The lowest BCUT2D eigenvalue weighted by Gasteiger charge is -1.97. The van der Waals surface area contributed by atoms with E-state index in [9.17, 15) is 9.90 Å². The molecule has 1 aromatic heterocycles. The quantitative estimate of drug-likeness (QED) is 0.704. The van der Waals surface area contributed by atoms with Crippen LogP contribution in [0, 0.1) is 6.92 Å². The van der Waals surface area contributed by atoms with Crippen LogP contribution < -0.4 is 5.73 Å². The monoisotopic (exact) mass is 296 g/mol. The van der Waals surface area contributed by atoms with Crippen molar-refractivity contribution in [2.24, 2.45) is 16.0 Å². The maximum absolute atomic E-state index is 10.5. The first-order valence-electron chi connectivity index (χ1n) is 4.71. The van der Waals surface area contributed by atoms with Crippen molar-refractivity contribution in [2.75, 3.05) is 0 Å². The maximum Gasteiger partial charge on any atom is 0.356 e. The number of nitrogens with two attached hydrogens (primary N) is 1. The fraction of sp³-hybridized carbons (Fsp3) is 0.100. The Morgan fingerprint density at radius 3 is 2.88 bits per heavy atom. The molecule has 88 valence electrons. The zero-order valence-corrected chi connectivity index (χ0v) is 10.4. The maximum atomic E-state index is 10.5. The molecule has 1 aromatic carbocycles. The molecule has 0 saturated carbocycles. The van der Waals surface area contributed by atoms with Gasteiger partial charge in [0, 0.05) is 9.86 Å². The summed E-state index contributed by atoms with van der Waals surface area (Å²) in [4.78, 5) is 13.3. The number of aromatic amines is 1. The summed E-state index contributed by atoms with van der Waals surface area (Å²) in [6.07, 6.45) is 0. The summed E-state index contributed by atoms with van der Waals surface area (Å²) in [5, 5.41) is 17.2. The van der Waals surface area contributed by atoms with Gasteiger partial charge in [0.15, 0.2) is 5.69 Å². The third-order valence-electron chi connectivity index (χ3n) is 2.27. The van der Waals surface area contributed by atoms with Gasteiger partial charge in [-0.1, -0.05) is 21.0 Å². The number of nitrogens with zero attached hydrogens (tertiary/aromatic N) is 2. The highest BCUT2D eigenvalue weighted by Gasteiger charge is 2.13. The molecule has 0 radical (unpaired) electrons. The van der Waals surface area contributed by atoms with Gasteiger partial charge >= 0.3 is 6.03 Å². The number of fused-ring (bicyclic) bond motifs is 1. The van der Waals surface area contributed by atoms with Crippen molar-refractivity contribution < 1.29 is 9.90 Å². The molecule has 2 amide bonds. The van der Waals surface area contributed by atoms with Gasteiger partial charge in [-0.3, -0.25) is 0 Å². The zero-order chi connectivity index (χ0) is 12.6. The lowest BCUT2D eigenvalue weighted by molar-refractivity contribution is 0.255. The summed E-state index contributed by atoms with van der Waals surface area (Å²) < 4.78 is 0.844. The number of urea groups is 1. The molecule has 0 saturated heterocycles. The number of nitrogens with one attached hydrogen (secondary N) is 1. The van der Waals surface area contributed by atoms with Crippen molar-refractivity contribution in [2.45, 2.75) is 6.92 Å². The van der Waals surface area contributed by atoms with E-state index in [1.807, 2.05) is 13.0 Å². The van der Waals surface area contributed by atoms with Crippen LogP contribution in [0.15, 0.2) is 26.8 Å². The second-order valence-corrected chi connectivity index (χ2v) is 4.42. The number of primary amides is 1. The number of carbonyl (C=O) groups is 1. The number of carbonyl (C=O) groups excluding carboxylic acids is 1. The van der Waals surface area contributed by atoms with Gasteiger partial charge in [-0.05, 0) is 24.6 Å². The number of azo groups is 1. The van der Waals surface area contributed by atoms with E-state index in [0.717, 1.165) is 15.6 Å². The first-order valence-corrected chi connectivity index (χ1v) is 5.50. The van der Waals surface area contributed by atoms with Crippen LogP contribution in [0.1, 0.15) is 5.56 Å². The number of rotatable bonds is 1. The number of amides is 2. The van der Waals surface area contributed by atoms with Gasteiger partial charge in [0.1, 0.15) is 0 Å². The Morgan fingerprint density at radius 1 is 1.53 bits per heavy atom. The van der Waals surface area contributed by atoms with Gasteiger partial charge in [-0.15, -0.1) is 5.11 Å². The third-order valence-corrected chi connectivity index (χ3v) is 2.73. The Balaban J connectivity index is 2.70. The van der Waals surface area contributed by atoms with Gasteiger partial charge in [0.05, 0.1) is 5.52 Å². The first kappa shape index (κ1) is 11.6. The lowest BCUT2D eigenvalue weighted by atomic mass is 10.1. The van der Waals surface area contributed by atoms with Crippen LogP contribution in [-0.2, 0) is 0 Å². The number of hydrogen-bond acceptors (Lipinski definition) is 3. The van der Waals surface area contributed by atoms with Crippen LogP contribution in [0.2, 0.25) is 0 Å². The van der Waals surface area contributed by atoms with Crippen molar-refractivity contribution in [1.29, 1.82) is 0 Å². The Kier molecular flexibility index (Phi) is 2.84. The second kappa shape index (κ2) is 4.17. The Morgan fingerprint density at radius 2 is 2.24 bits per heavy atom. The molecule has 2 rings (SSSR count). The van der Waals surface area contributed by atoms with Crippen LogP contribution in [0.25, 0.3) is 10.9 Å². The fourth-order valence-corrected chi connectivity index (χ4v) is 2.17. The summed E-state index contributed by atoms with van der Waals surface area (Å²) in [6, 6.07) is 2.76. The molecule has 0 atom stereocenters. The SMILES string of the molecule is Cc1cc(Br)cc2c(N=NC(N)=O)c(O)[nH]c12. The van der Waals surface area contributed by atoms with E-state index in [1.54, 1.807) is 6.07 Å². The molecule has 0 fully saturated rings.